The molecule has 0 aromatic rings. The molecule has 0 radical (unpaired) electrons. The zero-order chi connectivity index (χ0) is 10.1. The summed E-state index contributed by atoms with van der Waals surface area (Å²) in [5, 5.41) is 0.0678. The average Bonchev–Trinajstić information content (AvgIpc) is 2.14. The van der Waals surface area contributed by atoms with Crippen molar-refractivity contribution in [2.24, 2.45) is 0 Å². The van der Waals surface area contributed by atoms with Crippen LogP contribution in [0.4, 0.5) is 0 Å². The molecule has 0 rings (SSSR count). The van der Waals surface area contributed by atoms with Crippen LogP contribution < -0.4 is 0 Å². The fraction of sp³-hybridized carbons (Fsp3) is 0.714. The van der Waals surface area contributed by atoms with Gasteiger partial charge in [-0.05, 0) is 0 Å². The molecule has 0 spiro atoms. The molecular formula is C7H11BrO5. The maximum Gasteiger partial charge on any atom is 0.344 e. The second kappa shape index (κ2) is 8.00. The highest BCUT2D eigenvalue weighted by Gasteiger charge is 2.06. The van der Waals surface area contributed by atoms with Crippen LogP contribution in [0.15, 0.2) is 0 Å². The molecule has 76 valence electrons. The SMILES string of the molecule is COCCOC(=O)COC(=O)CBr. The molecule has 0 aliphatic heterocycles. The van der Waals surface area contributed by atoms with E-state index in [1.165, 1.54) is 7.11 Å². The van der Waals surface area contributed by atoms with Crippen LogP contribution in [0.25, 0.3) is 0 Å². The molecule has 0 aliphatic carbocycles. The van der Waals surface area contributed by atoms with Crippen LogP contribution in [0.1, 0.15) is 0 Å². The van der Waals surface area contributed by atoms with Gasteiger partial charge in [-0.3, -0.25) is 4.79 Å². The predicted octanol–water partition coefficient (Wildman–Crippen LogP) is 0.114. The highest BCUT2D eigenvalue weighted by atomic mass is 79.9. The number of alkyl halides is 1. The second-order valence-electron chi connectivity index (χ2n) is 2.01. The number of carbonyl (C=O) groups excluding carboxylic acids is 2. The number of rotatable bonds is 6. The lowest BCUT2D eigenvalue weighted by Crippen LogP contribution is -2.18. The molecule has 0 bridgehead atoms. The van der Waals surface area contributed by atoms with Crippen LogP contribution in [0, 0.1) is 0 Å². The Kier molecular flexibility index (Phi) is 7.62. The fourth-order valence-electron chi connectivity index (χ4n) is 0.458. The zero-order valence-electron chi connectivity index (χ0n) is 7.25. The molecule has 0 heterocycles. The van der Waals surface area contributed by atoms with Crippen molar-refractivity contribution in [3.63, 3.8) is 0 Å². The van der Waals surface area contributed by atoms with Gasteiger partial charge >= 0.3 is 11.9 Å². The first-order chi connectivity index (χ1) is 6.20. The normalized spacial score (nSPS) is 9.38. The average molecular weight is 255 g/mol. The summed E-state index contributed by atoms with van der Waals surface area (Å²) in [6.07, 6.45) is 0. The Hall–Kier alpha value is -0.620. The first-order valence-corrected chi connectivity index (χ1v) is 4.69. The van der Waals surface area contributed by atoms with E-state index >= 15 is 0 Å². The van der Waals surface area contributed by atoms with Gasteiger partial charge < -0.3 is 14.2 Å². The fourth-order valence-corrected chi connectivity index (χ4v) is 0.620. The van der Waals surface area contributed by atoms with E-state index < -0.39 is 11.9 Å². The standard InChI is InChI=1S/C7H11BrO5/c1-11-2-3-12-7(10)5-13-6(9)4-8/h2-5H2,1H3. The number of hydrogen-bond acceptors (Lipinski definition) is 5. The van der Waals surface area contributed by atoms with E-state index in [4.69, 9.17) is 0 Å². The van der Waals surface area contributed by atoms with Crippen LogP contribution in [-0.2, 0) is 23.8 Å². The highest BCUT2D eigenvalue weighted by molar-refractivity contribution is 9.09. The molecule has 0 N–H and O–H groups in total. The Labute approximate surface area is 84.5 Å². The predicted molar refractivity (Wildman–Crippen MR) is 47.6 cm³/mol. The lowest BCUT2D eigenvalue weighted by atomic mass is 10.7. The summed E-state index contributed by atoms with van der Waals surface area (Å²) in [5.74, 6) is -1.07. The molecule has 6 heteroatoms. The minimum atomic E-state index is -0.577. The largest absolute Gasteiger partial charge is 0.461 e. The molecule has 0 atom stereocenters. The van der Waals surface area contributed by atoms with Gasteiger partial charge in [0.25, 0.3) is 0 Å². The minimum absolute atomic E-state index is 0.0678. The molecule has 0 fully saturated rings. The highest BCUT2D eigenvalue weighted by Crippen LogP contribution is 1.87. The summed E-state index contributed by atoms with van der Waals surface area (Å²) in [5.41, 5.74) is 0. The summed E-state index contributed by atoms with van der Waals surface area (Å²) in [6, 6.07) is 0. The van der Waals surface area contributed by atoms with E-state index in [1.54, 1.807) is 0 Å². The van der Waals surface area contributed by atoms with Crippen molar-refractivity contribution in [1.29, 1.82) is 0 Å². The number of ether oxygens (including phenoxy) is 3. The summed E-state index contributed by atoms with van der Waals surface area (Å²) in [6.45, 7) is 0.146. The van der Waals surface area contributed by atoms with Gasteiger partial charge in [-0.1, -0.05) is 15.9 Å². The molecule has 0 aliphatic rings. The van der Waals surface area contributed by atoms with Crippen molar-refractivity contribution in [3.05, 3.63) is 0 Å². The first kappa shape index (κ1) is 12.4. The van der Waals surface area contributed by atoms with Crippen molar-refractivity contribution in [2.45, 2.75) is 0 Å². The first-order valence-electron chi connectivity index (χ1n) is 3.57. The lowest BCUT2D eigenvalue weighted by molar-refractivity contribution is -0.158. The van der Waals surface area contributed by atoms with Crippen LogP contribution in [0.5, 0.6) is 0 Å². The zero-order valence-corrected chi connectivity index (χ0v) is 8.83. The number of carbonyl (C=O) groups is 2. The van der Waals surface area contributed by atoms with E-state index in [2.05, 4.69) is 30.1 Å². The van der Waals surface area contributed by atoms with Gasteiger partial charge in [0.05, 0.1) is 6.61 Å². The third-order valence-corrected chi connectivity index (χ3v) is 1.47. The van der Waals surface area contributed by atoms with Gasteiger partial charge in [0.2, 0.25) is 0 Å². The van der Waals surface area contributed by atoms with Gasteiger partial charge in [0.1, 0.15) is 11.9 Å². The molecule has 0 amide bonds. The Bertz CT molecular complexity index is 170. The van der Waals surface area contributed by atoms with Gasteiger partial charge in [0, 0.05) is 7.11 Å². The van der Waals surface area contributed by atoms with E-state index in [0.717, 1.165) is 0 Å². The smallest absolute Gasteiger partial charge is 0.344 e. The van der Waals surface area contributed by atoms with Gasteiger partial charge in [-0.25, -0.2) is 4.79 Å². The Morgan fingerprint density at radius 2 is 1.85 bits per heavy atom. The van der Waals surface area contributed by atoms with E-state index in [1.807, 2.05) is 0 Å². The summed E-state index contributed by atoms with van der Waals surface area (Å²) in [4.78, 5) is 21.3. The topological polar surface area (TPSA) is 61.8 Å². The Morgan fingerprint density at radius 1 is 1.15 bits per heavy atom. The lowest BCUT2D eigenvalue weighted by Gasteiger charge is -2.03. The quantitative estimate of drug-likeness (QED) is 0.383. The number of hydrogen-bond donors (Lipinski definition) is 0. The number of halogens is 1. The molecule has 0 aromatic heterocycles. The Balaban J connectivity index is 3.35. The summed E-state index contributed by atoms with van der Waals surface area (Å²) in [7, 11) is 1.50. The van der Waals surface area contributed by atoms with Gasteiger partial charge in [-0.15, -0.1) is 0 Å². The summed E-state index contributed by atoms with van der Waals surface area (Å²) < 4.78 is 13.7. The third-order valence-electron chi connectivity index (χ3n) is 1.01. The molecule has 5 nitrogen and oxygen atoms in total. The molecule has 0 saturated carbocycles. The van der Waals surface area contributed by atoms with E-state index in [-0.39, 0.29) is 18.5 Å². The summed E-state index contributed by atoms with van der Waals surface area (Å²) >= 11 is 2.88. The minimum Gasteiger partial charge on any atom is -0.461 e. The van der Waals surface area contributed by atoms with Crippen LogP contribution in [0.2, 0.25) is 0 Å². The van der Waals surface area contributed by atoms with Crippen molar-refractivity contribution in [1.82, 2.24) is 0 Å². The second-order valence-corrected chi connectivity index (χ2v) is 2.57. The van der Waals surface area contributed by atoms with Crippen LogP contribution >= 0.6 is 15.9 Å². The Morgan fingerprint density at radius 3 is 2.38 bits per heavy atom. The molecule has 13 heavy (non-hydrogen) atoms. The molecule has 0 aromatic carbocycles. The van der Waals surface area contributed by atoms with Crippen molar-refractivity contribution < 1.29 is 23.8 Å². The van der Waals surface area contributed by atoms with Gasteiger partial charge in [-0.2, -0.15) is 0 Å². The van der Waals surface area contributed by atoms with Crippen LogP contribution in [-0.4, -0.2) is 44.2 Å². The van der Waals surface area contributed by atoms with Gasteiger partial charge in [0.15, 0.2) is 6.61 Å². The molecule has 0 unspecified atom stereocenters. The van der Waals surface area contributed by atoms with E-state index in [9.17, 15) is 9.59 Å². The number of esters is 2. The maximum atomic E-state index is 10.8. The number of methoxy groups -OCH3 is 1. The van der Waals surface area contributed by atoms with Crippen molar-refractivity contribution >= 4 is 27.9 Å². The van der Waals surface area contributed by atoms with Crippen molar-refractivity contribution in [3.8, 4) is 0 Å². The van der Waals surface area contributed by atoms with Crippen LogP contribution in [0.3, 0.4) is 0 Å². The third kappa shape index (κ3) is 7.73. The maximum absolute atomic E-state index is 10.8. The molecule has 0 saturated heterocycles. The monoisotopic (exact) mass is 254 g/mol. The molecular weight excluding hydrogens is 244 g/mol. The van der Waals surface area contributed by atoms with Crippen molar-refractivity contribution in [2.75, 3.05) is 32.3 Å². The van der Waals surface area contributed by atoms with E-state index in [0.29, 0.717) is 6.61 Å².